The van der Waals surface area contributed by atoms with Crippen LogP contribution in [-0.2, 0) is 0 Å². The maximum Gasteiger partial charge on any atom is 0.141 e. The van der Waals surface area contributed by atoms with E-state index in [-0.39, 0.29) is 17.9 Å². The van der Waals surface area contributed by atoms with Crippen LogP contribution in [0.3, 0.4) is 0 Å². The van der Waals surface area contributed by atoms with Crippen molar-refractivity contribution in [1.82, 2.24) is 10.3 Å². The Balaban J connectivity index is 2.47. The molecule has 0 fully saturated rings. The second-order valence-corrected chi connectivity index (χ2v) is 5.58. The Labute approximate surface area is 127 Å². The van der Waals surface area contributed by atoms with Gasteiger partial charge in [-0.25, -0.2) is 4.39 Å². The molecule has 0 spiro atoms. The highest BCUT2D eigenvalue weighted by Gasteiger charge is 2.20. The Morgan fingerprint density at radius 3 is 2.50 bits per heavy atom. The van der Waals surface area contributed by atoms with E-state index in [0.717, 1.165) is 5.56 Å². The molecule has 0 bridgehead atoms. The van der Waals surface area contributed by atoms with Crippen LogP contribution in [-0.4, -0.2) is 11.0 Å². The van der Waals surface area contributed by atoms with Crippen LogP contribution < -0.4 is 5.32 Å². The van der Waals surface area contributed by atoms with Crippen molar-refractivity contribution in [3.8, 4) is 0 Å². The first kappa shape index (κ1) is 15.2. The summed E-state index contributed by atoms with van der Waals surface area (Å²) in [7, 11) is 0. The highest BCUT2D eigenvalue weighted by Crippen LogP contribution is 2.32. The third kappa shape index (κ3) is 3.48. The second-order valence-electron chi connectivity index (χ2n) is 4.80. The van der Waals surface area contributed by atoms with E-state index in [9.17, 15) is 4.39 Å². The van der Waals surface area contributed by atoms with Gasteiger partial charge in [-0.15, -0.1) is 0 Å². The monoisotopic (exact) mass is 312 g/mol. The molecule has 0 radical (unpaired) electrons. The molecule has 1 N–H and O–H groups in total. The minimum absolute atomic E-state index is 0.210. The van der Waals surface area contributed by atoms with Gasteiger partial charge in [-0.1, -0.05) is 35.3 Å². The normalized spacial score (nSPS) is 12.7. The van der Waals surface area contributed by atoms with Crippen molar-refractivity contribution in [3.05, 3.63) is 63.6 Å². The summed E-state index contributed by atoms with van der Waals surface area (Å²) in [6, 6.07) is 8.46. The van der Waals surface area contributed by atoms with Gasteiger partial charge in [-0.2, -0.15) is 0 Å². The zero-order chi connectivity index (χ0) is 14.7. The molecular formula is C15H15Cl2FN2. The molecule has 2 rings (SSSR count). The molecule has 0 saturated carbocycles. The summed E-state index contributed by atoms with van der Waals surface area (Å²) in [6.07, 6.45) is 1.20. The maximum absolute atomic E-state index is 13.0. The average molecular weight is 313 g/mol. The summed E-state index contributed by atoms with van der Waals surface area (Å²) in [4.78, 5) is 4.14. The first-order valence-electron chi connectivity index (χ1n) is 6.30. The summed E-state index contributed by atoms with van der Waals surface area (Å²) in [6.45, 7) is 4.05. The lowest BCUT2D eigenvalue weighted by Gasteiger charge is -2.22. The number of rotatable bonds is 4. The molecule has 20 heavy (non-hydrogen) atoms. The Morgan fingerprint density at radius 1 is 1.15 bits per heavy atom. The smallest absolute Gasteiger partial charge is 0.141 e. The molecule has 2 aromatic rings. The van der Waals surface area contributed by atoms with Crippen molar-refractivity contribution in [2.75, 3.05) is 0 Å². The van der Waals surface area contributed by atoms with Gasteiger partial charge in [0.1, 0.15) is 5.82 Å². The quantitative estimate of drug-likeness (QED) is 0.891. The molecule has 0 amide bonds. The van der Waals surface area contributed by atoms with Gasteiger partial charge >= 0.3 is 0 Å². The molecule has 0 aliphatic heterocycles. The summed E-state index contributed by atoms with van der Waals surface area (Å²) < 4.78 is 13.0. The van der Waals surface area contributed by atoms with E-state index in [1.807, 2.05) is 26.0 Å². The molecule has 1 aromatic carbocycles. The van der Waals surface area contributed by atoms with Crippen molar-refractivity contribution in [1.29, 1.82) is 0 Å². The number of pyridine rings is 1. The van der Waals surface area contributed by atoms with Gasteiger partial charge in [0.15, 0.2) is 0 Å². The van der Waals surface area contributed by atoms with Gasteiger partial charge in [0.2, 0.25) is 0 Å². The largest absolute Gasteiger partial charge is 0.303 e. The number of nitrogens with zero attached hydrogens (tertiary/aromatic N) is 1. The summed E-state index contributed by atoms with van der Waals surface area (Å²) in [5.74, 6) is -0.366. The standard InChI is InChI=1S/C15H15Cl2FN2/c1-9(2)20-15(13-7-6-10(18)8-19-13)11-4-3-5-12(16)14(11)17/h3-9,15,20H,1-2H3. The Bertz CT molecular complexity index is 585. The minimum atomic E-state index is -0.366. The van der Waals surface area contributed by atoms with Gasteiger partial charge in [-0.3, -0.25) is 4.98 Å². The molecule has 5 heteroatoms. The SMILES string of the molecule is CC(C)NC(c1ccc(F)cn1)c1cccc(Cl)c1Cl. The molecule has 1 unspecified atom stereocenters. The number of halogens is 3. The third-order valence-corrected chi connectivity index (χ3v) is 3.67. The lowest BCUT2D eigenvalue weighted by molar-refractivity contribution is 0.517. The molecule has 0 aliphatic rings. The first-order valence-corrected chi connectivity index (χ1v) is 7.06. The van der Waals surface area contributed by atoms with Gasteiger partial charge in [0, 0.05) is 6.04 Å². The van der Waals surface area contributed by atoms with E-state index >= 15 is 0 Å². The fraction of sp³-hybridized carbons (Fsp3) is 0.267. The molecule has 2 nitrogen and oxygen atoms in total. The third-order valence-electron chi connectivity index (χ3n) is 2.84. The number of hydrogen-bond acceptors (Lipinski definition) is 2. The van der Waals surface area contributed by atoms with Crippen molar-refractivity contribution in [2.45, 2.75) is 25.9 Å². The highest BCUT2D eigenvalue weighted by atomic mass is 35.5. The van der Waals surface area contributed by atoms with Crippen LogP contribution in [0.4, 0.5) is 4.39 Å². The number of hydrogen-bond donors (Lipinski definition) is 1. The second kappa shape index (κ2) is 6.53. The van der Waals surface area contributed by atoms with E-state index in [1.165, 1.54) is 12.3 Å². The van der Waals surface area contributed by atoms with Gasteiger partial charge < -0.3 is 5.32 Å². The minimum Gasteiger partial charge on any atom is -0.303 e. The van der Waals surface area contributed by atoms with Crippen molar-refractivity contribution in [2.24, 2.45) is 0 Å². The number of aromatic nitrogens is 1. The lowest BCUT2D eigenvalue weighted by atomic mass is 10.0. The molecule has 1 aromatic heterocycles. The van der Waals surface area contributed by atoms with Crippen molar-refractivity contribution < 1.29 is 4.39 Å². The molecule has 1 atom stereocenters. The van der Waals surface area contributed by atoms with Crippen LogP contribution in [0.15, 0.2) is 36.5 Å². The van der Waals surface area contributed by atoms with Crippen LogP contribution in [0.2, 0.25) is 10.0 Å². The van der Waals surface area contributed by atoms with Crippen molar-refractivity contribution >= 4 is 23.2 Å². The van der Waals surface area contributed by atoms with Crippen LogP contribution in [0, 0.1) is 5.82 Å². The van der Waals surface area contributed by atoms with Crippen LogP contribution in [0.5, 0.6) is 0 Å². The van der Waals surface area contributed by atoms with Crippen molar-refractivity contribution in [3.63, 3.8) is 0 Å². The van der Waals surface area contributed by atoms with E-state index in [2.05, 4.69) is 10.3 Å². The summed E-state index contributed by atoms with van der Waals surface area (Å²) in [5.41, 5.74) is 1.52. The molecule has 1 heterocycles. The van der Waals surface area contributed by atoms with E-state index in [4.69, 9.17) is 23.2 Å². The predicted molar refractivity (Wildman–Crippen MR) is 80.8 cm³/mol. The van der Waals surface area contributed by atoms with Crippen LogP contribution in [0.25, 0.3) is 0 Å². The molecule has 0 aliphatic carbocycles. The molecule has 106 valence electrons. The predicted octanol–water partition coefficient (Wildman–Crippen LogP) is 4.61. The van der Waals surface area contributed by atoms with E-state index < -0.39 is 0 Å². The van der Waals surface area contributed by atoms with Gasteiger partial charge in [-0.05, 0) is 37.6 Å². The zero-order valence-corrected chi connectivity index (χ0v) is 12.7. The fourth-order valence-corrected chi connectivity index (χ4v) is 2.39. The highest BCUT2D eigenvalue weighted by molar-refractivity contribution is 6.42. The Hall–Kier alpha value is -1.16. The molecule has 0 saturated heterocycles. The van der Waals surface area contributed by atoms with Crippen LogP contribution >= 0.6 is 23.2 Å². The zero-order valence-electron chi connectivity index (χ0n) is 11.2. The maximum atomic E-state index is 13.0. The topological polar surface area (TPSA) is 24.9 Å². The molecular weight excluding hydrogens is 298 g/mol. The summed E-state index contributed by atoms with van der Waals surface area (Å²) >= 11 is 12.3. The van der Waals surface area contributed by atoms with Crippen LogP contribution in [0.1, 0.15) is 31.1 Å². The van der Waals surface area contributed by atoms with Gasteiger partial charge in [0.25, 0.3) is 0 Å². The van der Waals surface area contributed by atoms with Gasteiger partial charge in [0.05, 0.1) is 28.0 Å². The summed E-state index contributed by atoms with van der Waals surface area (Å²) in [5, 5.41) is 4.34. The Kier molecular flexibility index (Phi) is 4.97. The van der Waals surface area contributed by atoms with E-state index in [1.54, 1.807) is 12.1 Å². The fourth-order valence-electron chi connectivity index (χ4n) is 1.97. The first-order chi connectivity index (χ1) is 9.49. The average Bonchev–Trinajstić information content (AvgIpc) is 2.40. The Morgan fingerprint density at radius 2 is 1.90 bits per heavy atom. The van der Waals surface area contributed by atoms with E-state index in [0.29, 0.717) is 15.7 Å². The number of benzene rings is 1. The number of nitrogens with one attached hydrogen (secondary N) is 1. The lowest BCUT2D eigenvalue weighted by Crippen LogP contribution is -2.29.